The molecule has 0 atom stereocenters. The summed E-state index contributed by atoms with van der Waals surface area (Å²) in [5.41, 5.74) is 3.87. The van der Waals surface area contributed by atoms with Crippen molar-refractivity contribution in [3.8, 4) is 11.1 Å². The monoisotopic (exact) mass is 209 g/mol. The fourth-order valence-electron chi connectivity index (χ4n) is 1.83. The van der Waals surface area contributed by atoms with Crippen molar-refractivity contribution in [2.75, 3.05) is 0 Å². The van der Waals surface area contributed by atoms with E-state index in [4.69, 9.17) is 0 Å². The maximum Gasteiger partial charge on any atom is -0.00990 e. The van der Waals surface area contributed by atoms with E-state index in [0.29, 0.717) is 0 Å². The first kappa shape index (κ1) is 10.9. The molecule has 0 aliphatic rings. The minimum absolute atomic E-state index is 1.17. The van der Waals surface area contributed by atoms with Crippen LogP contribution in [-0.2, 0) is 6.42 Å². The summed E-state index contributed by atoms with van der Waals surface area (Å²) in [6.07, 6.45) is 3.68. The molecule has 81 valence electrons. The smallest absolute Gasteiger partial charge is 0.00990 e. The molecule has 0 heterocycles. The van der Waals surface area contributed by atoms with E-state index in [1.165, 1.54) is 36.0 Å². The second-order valence-electron chi connectivity index (χ2n) is 4.08. The Morgan fingerprint density at radius 2 is 1.88 bits per heavy atom. The van der Waals surface area contributed by atoms with Crippen LogP contribution in [0.5, 0.6) is 0 Å². The molecule has 0 saturated carbocycles. The molecule has 0 spiro atoms. The minimum atomic E-state index is 1.17. The molecule has 0 nitrogen and oxygen atoms in total. The normalized spacial score (nSPS) is 10.3. The Balaban J connectivity index is 2.22. The lowest BCUT2D eigenvalue weighted by atomic mass is 10.0. The Kier molecular flexibility index (Phi) is 3.76. The van der Waals surface area contributed by atoms with Gasteiger partial charge in [-0.1, -0.05) is 61.9 Å². The first-order valence-corrected chi connectivity index (χ1v) is 5.96. The Hall–Kier alpha value is -1.56. The van der Waals surface area contributed by atoms with Crippen LogP contribution in [0.25, 0.3) is 11.1 Å². The molecule has 0 unspecified atom stereocenters. The summed E-state index contributed by atoms with van der Waals surface area (Å²) in [6, 6.07) is 20.2. The molecule has 0 aromatic heterocycles. The van der Waals surface area contributed by atoms with Gasteiger partial charge in [0.1, 0.15) is 0 Å². The Bertz CT molecular complexity index is 429. The minimum Gasteiger partial charge on any atom is -0.0654 e. The summed E-state index contributed by atoms with van der Waals surface area (Å²) in [4.78, 5) is 0. The number of unbranched alkanes of at least 4 members (excludes halogenated alkanes) is 1. The highest BCUT2D eigenvalue weighted by atomic mass is 14.0. The topological polar surface area (TPSA) is 0 Å². The third-order valence-corrected chi connectivity index (χ3v) is 2.77. The van der Waals surface area contributed by atoms with E-state index < -0.39 is 0 Å². The van der Waals surface area contributed by atoms with Gasteiger partial charge in [-0.25, -0.2) is 0 Å². The van der Waals surface area contributed by atoms with Gasteiger partial charge in [0.25, 0.3) is 0 Å². The Morgan fingerprint density at radius 3 is 2.62 bits per heavy atom. The summed E-state index contributed by atoms with van der Waals surface area (Å²) in [5.74, 6) is 0. The predicted octanol–water partition coefficient (Wildman–Crippen LogP) is 4.50. The highest BCUT2D eigenvalue weighted by Gasteiger charge is 1.98. The molecule has 1 radical (unpaired) electrons. The largest absolute Gasteiger partial charge is 0.0654 e. The zero-order valence-corrected chi connectivity index (χ0v) is 9.74. The van der Waals surface area contributed by atoms with Crippen LogP contribution < -0.4 is 0 Å². The number of rotatable bonds is 4. The van der Waals surface area contributed by atoms with E-state index in [0.717, 1.165) is 0 Å². The van der Waals surface area contributed by atoms with Gasteiger partial charge in [0.05, 0.1) is 0 Å². The summed E-state index contributed by atoms with van der Waals surface area (Å²) < 4.78 is 0. The van der Waals surface area contributed by atoms with Gasteiger partial charge in [-0.05, 0) is 35.6 Å². The molecule has 0 N–H and O–H groups in total. The van der Waals surface area contributed by atoms with Crippen LogP contribution in [0.4, 0.5) is 0 Å². The van der Waals surface area contributed by atoms with Crippen LogP contribution in [0, 0.1) is 6.07 Å². The van der Waals surface area contributed by atoms with Gasteiger partial charge < -0.3 is 0 Å². The second-order valence-corrected chi connectivity index (χ2v) is 4.08. The molecule has 2 aromatic rings. The van der Waals surface area contributed by atoms with E-state index in [1.807, 2.05) is 12.1 Å². The zero-order valence-electron chi connectivity index (χ0n) is 9.74. The molecule has 2 rings (SSSR count). The van der Waals surface area contributed by atoms with E-state index >= 15 is 0 Å². The number of hydrogen-bond acceptors (Lipinski definition) is 0. The van der Waals surface area contributed by atoms with Crippen molar-refractivity contribution in [3.63, 3.8) is 0 Å². The van der Waals surface area contributed by atoms with Crippen molar-refractivity contribution < 1.29 is 0 Å². The lowest BCUT2D eigenvalue weighted by Gasteiger charge is -2.04. The molecule has 2 aromatic carbocycles. The molecule has 16 heavy (non-hydrogen) atoms. The number of aryl methyl sites for hydroxylation is 1. The van der Waals surface area contributed by atoms with Gasteiger partial charge in [0.2, 0.25) is 0 Å². The molecular weight excluding hydrogens is 192 g/mol. The van der Waals surface area contributed by atoms with E-state index in [2.05, 4.69) is 49.4 Å². The van der Waals surface area contributed by atoms with Crippen molar-refractivity contribution >= 4 is 0 Å². The average Bonchev–Trinajstić information content (AvgIpc) is 2.38. The molecule has 0 aliphatic carbocycles. The predicted molar refractivity (Wildman–Crippen MR) is 69.3 cm³/mol. The quantitative estimate of drug-likeness (QED) is 0.695. The molecule has 0 fully saturated rings. The SMILES string of the molecule is CCCCc1cc[c]c(-c2ccccc2)c1. The van der Waals surface area contributed by atoms with Gasteiger partial charge >= 0.3 is 0 Å². The van der Waals surface area contributed by atoms with Gasteiger partial charge in [0, 0.05) is 0 Å². The van der Waals surface area contributed by atoms with Crippen molar-refractivity contribution in [2.45, 2.75) is 26.2 Å². The van der Waals surface area contributed by atoms with E-state index in [9.17, 15) is 0 Å². The van der Waals surface area contributed by atoms with Crippen molar-refractivity contribution in [1.29, 1.82) is 0 Å². The first-order valence-electron chi connectivity index (χ1n) is 5.96. The highest BCUT2D eigenvalue weighted by molar-refractivity contribution is 5.63. The lowest BCUT2D eigenvalue weighted by Crippen LogP contribution is -1.86. The Labute approximate surface area is 97.9 Å². The maximum absolute atomic E-state index is 3.30. The lowest BCUT2D eigenvalue weighted by molar-refractivity contribution is 0.795. The van der Waals surface area contributed by atoms with Crippen LogP contribution in [0.2, 0.25) is 0 Å². The van der Waals surface area contributed by atoms with Crippen LogP contribution in [0.15, 0.2) is 48.5 Å². The molecule has 0 amide bonds. The molecule has 0 heteroatoms. The van der Waals surface area contributed by atoms with Crippen molar-refractivity contribution in [1.82, 2.24) is 0 Å². The van der Waals surface area contributed by atoms with Gasteiger partial charge in [-0.15, -0.1) is 0 Å². The third kappa shape index (κ3) is 2.73. The maximum atomic E-state index is 3.30. The molecule has 0 bridgehead atoms. The van der Waals surface area contributed by atoms with E-state index in [1.54, 1.807) is 0 Å². The van der Waals surface area contributed by atoms with Crippen molar-refractivity contribution in [3.05, 3.63) is 60.2 Å². The standard InChI is InChI=1S/C16H17/c1-2-3-8-14-9-7-12-16(13-14)15-10-5-4-6-11-15/h4-7,9-11,13H,2-3,8H2,1H3. The molecule has 0 aliphatic heterocycles. The summed E-state index contributed by atoms with van der Waals surface area (Å²) in [6.45, 7) is 2.23. The van der Waals surface area contributed by atoms with Crippen LogP contribution in [-0.4, -0.2) is 0 Å². The fraction of sp³-hybridized carbons (Fsp3) is 0.250. The van der Waals surface area contributed by atoms with Crippen LogP contribution >= 0.6 is 0 Å². The summed E-state index contributed by atoms with van der Waals surface area (Å²) in [5, 5.41) is 0. The number of hydrogen-bond donors (Lipinski definition) is 0. The van der Waals surface area contributed by atoms with Gasteiger partial charge in [-0.3, -0.25) is 0 Å². The van der Waals surface area contributed by atoms with Gasteiger partial charge in [-0.2, -0.15) is 0 Å². The number of benzene rings is 2. The summed E-state index contributed by atoms with van der Waals surface area (Å²) >= 11 is 0. The third-order valence-electron chi connectivity index (χ3n) is 2.77. The first-order chi connectivity index (χ1) is 7.90. The molecular formula is C16H17. The average molecular weight is 209 g/mol. The van der Waals surface area contributed by atoms with Crippen molar-refractivity contribution in [2.24, 2.45) is 0 Å². The molecule has 0 saturated heterocycles. The fourth-order valence-corrected chi connectivity index (χ4v) is 1.83. The van der Waals surface area contributed by atoms with Gasteiger partial charge in [0.15, 0.2) is 0 Å². The van der Waals surface area contributed by atoms with Crippen LogP contribution in [0.1, 0.15) is 25.3 Å². The van der Waals surface area contributed by atoms with Crippen LogP contribution in [0.3, 0.4) is 0 Å². The second kappa shape index (κ2) is 5.50. The highest BCUT2D eigenvalue weighted by Crippen LogP contribution is 2.20. The zero-order chi connectivity index (χ0) is 11.2. The Morgan fingerprint density at radius 1 is 1.06 bits per heavy atom. The van der Waals surface area contributed by atoms with E-state index in [-0.39, 0.29) is 0 Å². The summed E-state index contributed by atoms with van der Waals surface area (Å²) in [7, 11) is 0.